The number of hydrogen-bond donors (Lipinski definition) is 1. The number of nitriles is 1. The Balaban J connectivity index is 2.20. The Morgan fingerprint density at radius 2 is 2.10 bits per heavy atom. The first kappa shape index (κ1) is 14.7. The van der Waals surface area contributed by atoms with E-state index in [-0.39, 0.29) is 11.9 Å². The minimum absolute atomic E-state index is 0.162. The quantitative estimate of drug-likeness (QED) is 0.935. The molecular formula is C17H17N3O. The van der Waals surface area contributed by atoms with Crippen LogP contribution in [0.4, 0.5) is 0 Å². The first-order valence-electron chi connectivity index (χ1n) is 6.88. The number of carbonyl (C=O) groups is 1. The van der Waals surface area contributed by atoms with Crippen molar-refractivity contribution in [3.63, 3.8) is 0 Å². The first-order valence-corrected chi connectivity index (χ1v) is 6.88. The Morgan fingerprint density at radius 1 is 1.33 bits per heavy atom. The van der Waals surface area contributed by atoms with E-state index in [4.69, 9.17) is 5.26 Å². The maximum atomic E-state index is 12.3. The van der Waals surface area contributed by atoms with Crippen LogP contribution in [0.1, 0.15) is 46.6 Å². The summed E-state index contributed by atoms with van der Waals surface area (Å²) in [6.45, 7) is 3.96. The Kier molecular flexibility index (Phi) is 4.68. The zero-order valence-electron chi connectivity index (χ0n) is 12.1. The van der Waals surface area contributed by atoms with Crippen molar-refractivity contribution in [3.05, 3.63) is 65.0 Å². The van der Waals surface area contributed by atoms with Gasteiger partial charge in [0.25, 0.3) is 5.91 Å². The van der Waals surface area contributed by atoms with Crippen molar-refractivity contribution in [2.75, 3.05) is 0 Å². The summed E-state index contributed by atoms with van der Waals surface area (Å²) in [4.78, 5) is 16.7. The van der Waals surface area contributed by atoms with Crippen LogP contribution in [0, 0.1) is 18.3 Å². The van der Waals surface area contributed by atoms with E-state index < -0.39 is 0 Å². The number of pyridine rings is 1. The molecule has 0 spiro atoms. The van der Waals surface area contributed by atoms with Crippen molar-refractivity contribution in [2.45, 2.75) is 26.3 Å². The molecule has 1 atom stereocenters. The van der Waals surface area contributed by atoms with E-state index in [1.807, 2.05) is 32.0 Å². The third-order valence-corrected chi connectivity index (χ3v) is 3.30. The van der Waals surface area contributed by atoms with E-state index in [0.29, 0.717) is 11.1 Å². The molecule has 0 bridgehead atoms. The van der Waals surface area contributed by atoms with E-state index in [0.717, 1.165) is 17.7 Å². The predicted molar refractivity (Wildman–Crippen MR) is 80.6 cm³/mol. The van der Waals surface area contributed by atoms with Gasteiger partial charge in [-0.05, 0) is 37.1 Å². The van der Waals surface area contributed by atoms with Crippen LogP contribution in [0.15, 0.2) is 42.6 Å². The van der Waals surface area contributed by atoms with Crippen molar-refractivity contribution in [1.82, 2.24) is 10.3 Å². The lowest BCUT2D eigenvalue weighted by Gasteiger charge is -2.17. The molecule has 0 aliphatic heterocycles. The Bertz CT molecular complexity index is 671. The van der Waals surface area contributed by atoms with Crippen molar-refractivity contribution >= 4 is 5.91 Å². The fourth-order valence-corrected chi connectivity index (χ4v) is 2.09. The van der Waals surface area contributed by atoms with Gasteiger partial charge in [-0.15, -0.1) is 0 Å². The molecular weight excluding hydrogens is 262 g/mol. The van der Waals surface area contributed by atoms with Crippen LogP contribution in [0.3, 0.4) is 0 Å². The van der Waals surface area contributed by atoms with Gasteiger partial charge in [-0.25, -0.2) is 0 Å². The van der Waals surface area contributed by atoms with Gasteiger partial charge in [0.2, 0.25) is 0 Å². The van der Waals surface area contributed by atoms with Gasteiger partial charge >= 0.3 is 0 Å². The molecule has 2 rings (SSSR count). The lowest BCUT2D eigenvalue weighted by Crippen LogP contribution is -2.29. The van der Waals surface area contributed by atoms with Gasteiger partial charge in [0, 0.05) is 6.20 Å². The summed E-state index contributed by atoms with van der Waals surface area (Å²) >= 11 is 0. The van der Waals surface area contributed by atoms with Gasteiger partial charge in [-0.2, -0.15) is 5.26 Å². The number of rotatable bonds is 4. The number of aryl methyl sites for hydroxylation is 1. The van der Waals surface area contributed by atoms with Crippen LogP contribution >= 0.6 is 0 Å². The molecule has 0 fully saturated rings. The number of aromatic nitrogens is 1. The molecule has 0 aliphatic carbocycles. The molecule has 2 aromatic rings. The summed E-state index contributed by atoms with van der Waals surface area (Å²) in [5.41, 5.74) is 2.67. The third kappa shape index (κ3) is 3.46. The highest BCUT2D eigenvalue weighted by atomic mass is 16.1. The van der Waals surface area contributed by atoms with Gasteiger partial charge in [0.1, 0.15) is 0 Å². The SMILES string of the molecule is CC[C@H](NC(=O)c1ccccc1C#N)c1ccc(C)cn1. The standard InChI is InChI=1S/C17H17N3O/c1-3-15(16-9-8-12(2)11-19-16)20-17(21)14-7-5-4-6-13(14)10-18/h4-9,11,15H,3H2,1-2H3,(H,20,21)/t15-/m0/s1. The van der Waals surface area contributed by atoms with Gasteiger partial charge in [0.05, 0.1) is 28.9 Å². The van der Waals surface area contributed by atoms with Crippen LogP contribution in [-0.4, -0.2) is 10.9 Å². The molecule has 1 heterocycles. The second-order valence-corrected chi connectivity index (χ2v) is 4.85. The average Bonchev–Trinajstić information content (AvgIpc) is 2.53. The number of amides is 1. The largest absolute Gasteiger partial charge is 0.344 e. The topological polar surface area (TPSA) is 65.8 Å². The van der Waals surface area contributed by atoms with Crippen LogP contribution in [-0.2, 0) is 0 Å². The number of nitrogens with one attached hydrogen (secondary N) is 1. The molecule has 0 saturated carbocycles. The van der Waals surface area contributed by atoms with Crippen molar-refractivity contribution in [3.8, 4) is 6.07 Å². The molecule has 0 aliphatic rings. The highest BCUT2D eigenvalue weighted by molar-refractivity contribution is 5.96. The molecule has 1 aromatic heterocycles. The number of hydrogen-bond acceptors (Lipinski definition) is 3. The van der Waals surface area contributed by atoms with Crippen LogP contribution in [0.25, 0.3) is 0 Å². The fourth-order valence-electron chi connectivity index (χ4n) is 2.09. The van der Waals surface area contributed by atoms with Gasteiger partial charge in [-0.1, -0.05) is 25.1 Å². The van der Waals surface area contributed by atoms with Crippen molar-refractivity contribution in [2.24, 2.45) is 0 Å². The average molecular weight is 279 g/mol. The van der Waals surface area contributed by atoms with Gasteiger partial charge in [0.15, 0.2) is 0 Å². The van der Waals surface area contributed by atoms with E-state index in [1.54, 1.807) is 30.5 Å². The van der Waals surface area contributed by atoms with Crippen LogP contribution in [0.2, 0.25) is 0 Å². The zero-order chi connectivity index (χ0) is 15.2. The van der Waals surface area contributed by atoms with Gasteiger partial charge in [-0.3, -0.25) is 9.78 Å². The summed E-state index contributed by atoms with van der Waals surface area (Å²) in [6.07, 6.45) is 2.52. The second-order valence-electron chi connectivity index (χ2n) is 4.85. The molecule has 1 aromatic carbocycles. The maximum absolute atomic E-state index is 12.3. The summed E-state index contributed by atoms with van der Waals surface area (Å²) in [6, 6.07) is 12.6. The number of carbonyl (C=O) groups excluding carboxylic acids is 1. The fraction of sp³-hybridized carbons (Fsp3) is 0.235. The molecule has 0 radical (unpaired) electrons. The smallest absolute Gasteiger partial charge is 0.253 e. The van der Waals surface area contributed by atoms with E-state index >= 15 is 0 Å². The Labute approximate surface area is 124 Å². The van der Waals surface area contributed by atoms with Crippen LogP contribution in [0.5, 0.6) is 0 Å². The molecule has 1 N–H and O–H groups in total. The van der Waals surface area contributed by atoms with Crippen molar-refractivity contribution < 1.29 is 4.79 Å². The van der Waals surface area contributed by atoms with Crippen LogP contribution < -0.4 is 5.32 Å². The van der Waals surface area contributed by atoms with E-state index in [9.17, 15) is 4.79 Å². The minimum Gasteiger partial charge on any atom is -0.344 e. The monoisotopic (exact) mass is 279 g/mol. The lowest BCUT2D eigenvalue weighted by atomic mass is 10.1. The third-order valence-electron chi connectivity index (χ3n) is 3.30. The highest BCUT2D eigenvalue weighted by Crippen LogP contribution is 2.16. The minimum atomic E-state index is -0.249. The Morgan fingerprint density at radius 3 is 2.71 bits per heavy atom. The molecule has 0 unspecified atom stereocenters. The molecule has 106 valence electrons. The number of nitrogens with zero attached hydrogens (tertiary/aromatic N) is 2. The molecule has 0 saturated heterocycles. The summed E-state index contributed by atoms with van der Waals surface area (Å²) in [5, 5.41) is 12.0. The van der Waals surface area contributed by atoms with E-state index in [2.05, 4.69) is 10.3 Å². The molecule has 1 amide bonds. The molecule has 4 heteroatoms. The number of benzene rings is 1. The molecule has 4 nitrogen and oxygen atoms in total. The van der Waals surface area contributed by atoms with Gasteiger partial charge < -0.3 is 5.32 Å². The summed E-state index contributed by atoms with van der Waals surface area (Å²) < 4.78 is 0. The predicted octanol–water partition coefficient (Wildman–Crippen LogP) is 3.14. The van der Waals surface area contributed by atoms with Crippen molar-refractivity contribution in [1.29, 1.82) is 5.26 Å². The van der Waals surface area contributed by atoms with E-state index in [1.165, 1.54) is 0 Å². The summed E-state index contributed by atoms with van der Waals surface area (Å²) in [5.74, 6) is -0.249. The zero-order valence-corrected chi connectivity index (χ0v) is 12.1. The lowest BCUT2D eigenvalue weighted by molar-refractivity contribution is 0.0934. The maximum Gasteiger partial charge on any atom is 0.253 e. The summed E-state index contributed by atoms with van der Waals surface area (Å²) in [7, 11) is 0. The normalized spacial score (nSPS) is 11.5. The highest BCUT2D eigenvalue weighted by Gasteiger charge is 2.17. The Hall–Kier alpha value is -2.67. The first-order chi connectivity index (χ1) is 10.2. The second kappa shape index (κ2) is 6.67. The molecule has 21 heavy (non-hydrogen) atoms.